The second-order valence-corrected chi connectivity index (χ2v) is 4.67. The Morgan fingerprint density at radius 1 is 1.14 bits per heavy atom. The van der Waals surface area contributed by atoms with Gasteiger partial charge in [0.05, 0.1) is 21.2 Å². The highest BCUT2D eigenvalue weighted by Crippen LogP contribution is 2.24. The summed E-state index contributed by atoms with van der Waals surface area (Å²) in [5.74, 6) is -1.80. The van der Waals surface area contributed by atoms with Gasteiger partial charge in [0.25, 0.3) is 11.6 Å². The lowest BCUT2D eigenvalue weighted by Gasteiger charge is -2.08. The summed E-state index contributed by atoms with van der Waals surface area (Å²) in [7, 11) is 0. The predicted octanol–water partition coefficient (Wildman–Crippen LogP) is 3.20. The molecular formula is C14H9ClN2O5. The highest BCUT2D eigenvalue weighted by molar-refractivity contribution is 6.34. The molecule has 1 amide bonds. The maximum atomic E-state index is 12.1. The van der Waals surface area contributed by atoms with Crippen molar-refractivity contribution in [2.45, 2.75) is 0 Å². The fraction of sp³-hybridized carbons (Fsp3) is 0. The van der Waals surface area contributed by atoms with E-state index >= 15 is 0 Å². The van der Waals surface area contributed by atoms with Crippen molar-refractivity contribution < 1.29 is 19.6 Å². The monoisotopic (exact) mass is 320 g/mol. The summed E-state index contributed by atoms with van der Waals surface area (Å²) in [5, 5.41) is 22.2. The quantitative estimate of drug-likeness (QED) is 0.664. The number of hydrogen-bond acceptors (Lipinski definition) is 4. The Morgan fingerprint density at radius 2 is 1.86 bits per heavy atom. The molecule has 2 N–H and O–H groups in total. The molecule has 2 aromatic carbocycles. The lowest BCUT2D eigenvalue weighted by molar-refractivity contribution is -0.384. The fourth-order valence-electron chi connectivity index (χ4n) is 1.71. The van der Waals surface area contributed by atoms with Gasteiger partial charge in [0.2, 0.25) is 0 Å². The second kappa shape index (κ2) is 6.23. The van der Waals surface area contributed by atoms with Crippen molar-refractivity contribution in [2.75, 3.05) is 5.32 Å². The van der Waals surface area contributed by atoms with E-state index in [1.807, 2.05) is 0 Å². The molecule has 0 atom stereocenters. The van der Waals surface area contributed by atoms with Gasteiger partial charge in [0.1, 0.15) is 0 Å². The number of nitro benzene ring substituents is 1. The van der Waals surface area contributed by atoms with Crippen LogP contribution in [0.4, 0.5) is 11.4 Å². The van der Waals surface area contributed by atoms with E-state index in [0.717, 1.165) is 6.07 Å². The van der Waals surface area contributed by atoms with E-state index < -0.39 is 16.8 Å². The predicted molar refractivity (Wildman–Crippen MR) is 79.5 cm³/mol. The Hall–Kier alpha value is -2.93. The van der Waals surface area contributed by atoms with Crippen molar-refractivity contribution >= 4 is 34.9 Å². The zero-order valence-corrected chi connectivity index (χ0v) is 11.7. The first-order valence-corrected chi connectivity index (χ1v) is 6.35. The molecule has 0 saturated heterocycles. The first kappa shape index (κ1) is 15.5. The van der Waals surface area contributed by atoms with Crippen LogP contribution in [0.3, 0.4) is 0 Å². The van der Waals surface area contributed by atoms with Gasteiger partial charge in [0, 0.05) is 17.7 Å². The summed E-state index contributed by atoms with van der Waals surface area (Å²) in [4.78, 5) is 33.1. The van der Waals surface area contributed by atoms with Crippen LogP contribution in [0, 0.1) is 10.1 Å². The largest absolute Gasteiger partial charge is 0.478 e. The Morgan fingerprint density at radius 3 is 2.50 bits per heavy atom. The number of aromatic carboxylic acids is 1. The molecule has 2 aromatic rings. The summed E-state index contributed by atoms with van der Waals surface area (Å²) in [6.45, 7) is 0. The van der Waals surface area contributed by atoms with Crippen LogP contribution in [0.2, 0.25) is 5.02 Å². The number of halogens is 1. The summed E-state index contributed by atoms with van der Waals surface area (Å²) in [6, 6.07) is 9.00. The lowest BCUT2D eigenvalue weighted by Crippen LogP contribution is -2.13. The number of nitro groups is 1. The molecule has 0 aliphatic carbocycles. The van der Waals surface area contributed by atoms with Gasteiger partial charge in [-0.3, -0.25) is 14.9 Å². The lowest BCUT2D eigenvalue weighted by atomic mass is 10.1. The van der Waals surface area contributed by atoms with Gasteiger partial charge in [-0.05, 0) is 24.3 Å². The molecule has 0 heterocycles. The molecule has 0 fully saturated rings. The summed E-state index contributed by atoms with van der Waals surface area (Å²) >= 11 is 5.90. The van der Waals surface area contributed by atoms with E-state index in [0.29, 0.717) is 0 Å². The molecule has 0 unspecified atom stereocenters. The van der Waals surface area contributed by atoms with E-state index in [4.69, 9.17) is 16.7 Å². The molecule has 8 heteroatoms. The molecule has 0 spiro atoms. The number of hydrogen-bond donors (Lipinski definition) is 2. The normalized spacial score (nSPS) is 10.0. The highest BCUT2D eigenvalue weighted by Gasteiger charge is 2.14. The Balaban J connectivity index is 2.29. The molecule has 7 nitrogen and oxygen atoms in total. The van der Waals surface area contributed by atoms with Crippen molar-refractivity contribution in [2.24, 2.45) is 0 Å². The van der Waals surface area contributed by atoms with Gasteiger partial charge in [-0.15, -0.1) is 0 Å². The van der Waals surface area contributed by atoms with Gasteiger partial charge in [0.15, 0.2) is 0 Å². The average molecular weight is 321 g/mol. The van der Waals surface area contributed by atoms with Crippen LogP contribution in [0.5, 0.6) is 0 Å². The molecule has 0 aromatic heterocycles. The number of benzene rings is 2. The minimum absolute atomic E-state index is 0.0428. The first-order valence-electron chi connectivity index (χ1n) is 5.97. The van der Waals surface area contributed by atoms with Crippen LogP contribution >= 0.6 is 11.6 Å². The average Bonchev–Trinajstić information content (AvgIpc) is 2.49. The summed E-state index contributed by atoms with van der Waals surface area (Å²) < 4.78 is 0. The second-order valence-electron chi connectivity index (χ2n) is 4.26. The number of carbonyl (C=O) groups is 2. The Kier molecular flexibility index (Phi) is 4.38. The minimum atomic E-state index is -1.16. The Labute approximate surface area is 129 Å². The molecule has 0 aliphatic rings. The molecule has 0 saturated carbocycles. The first-order chi connectivity index (χ1) is 10.4. The number of nitrogens with zero attached hydrogens (tertiary/aromatic N) is 1. The SMILES string of the molecule is O=C(O)c1ccc(Cl)c(NC(=O)c2cccc([N+](=O)[O-])c2)c1. The van der Waals surface area contributed by atoms with Gasteiger partial charge in [-0.2, -0.15) is 0 Å². The molecule has 112 valence electrons. The molecule has 2 rings (SSSR count). The maximum Gasteiger partial charge on any atom is 0.335 e. The van der Waals surface area contributed by atoms with Gasteiger partial charge in [-0.1, -0.05) is 17.7 Å². The number of carbonyl (C=O) groups excluding carboxylic acids is 1. The fourth-order valence-corrected chi connectivity index (χ4v) is 1.87. The third-order valence-corrected chi connectivity index (χ3v) is 3.11. The molecule has 0 bridgehead atoms. The van der Waals surface area contributed by atoms with Crippen LogP contribution in [0.25, 0.3) is 0 Å². The van der Waals surface area contributed by atoms with E-state index in [-0.39, 0.29) is 27.5 Å². The molecule has 0 aliphatic heterocycles. The molecular weight excluding hydrogens is 312 g/mol. The summed E-state index contributed by atoms with van der Waals surface area (Å²) in [5.41, 5.74) is -0.0964. The van der Waals surface area contributed by atoms with Gasteiger partial charge < -0.3 is 10.4 Å². The zero-order valence-electron chi connectivity index (χ0n) is 10.9. The van der Waals surface area contributed by atoms with Gasteiger partial charge >= 0.3 is 5.97 Å². The molecule has 0 radical (unpaired) electrons. The van der Waals surface area contributed by atoms with Crippen molar-refractivity contribution in [1.82, 2.24) is 0 Å². The molecule has 22 heavy (non-hydrogen) atoms. The number of amides is 1. The third-order valence-electron chi connectivity index (χ3n) is 2.78. The number of carboxylic acid groups (broad SMARTS) is 1. The topological polar surface area (TPSA) is 110 Å². The number of carboxylic acids is 1. The highest BCUT2D eigenvalue weighted by atomic mass is 35.5. The van der Waals surface area contributed by atoms with Crippen molar-refractivity contribution in [3.63, 3.8) is 0 Å². The van der Waals surface area contributed by atoms with Crippen LogP contribution in [-0.4, -0.2) is 21.9 Å². The number of anilines is 1. The maximum absolute atomic E-state index is 12.1. The zero-order chi connectivity index (χ0) is 16.3. The van der Waals surface area contributed by atoms with Crippen LogP contribution in [0.1, 0.15) is 20.7 Å². The number of rotatable bonds is 4. The van der Waals surface area contributed by atoms with Crippen molar-refractivity contribution in [3.8, 4) is 0 Å². The number of nitrogens with one attached hydrogen (secondary N) is 1. The smallest absolute Gasteiger partial charge is 0.335 e. The third kappa shape index (κ3) is 3.39. The standard InChI is InChI=1S/C14H9ClN2O5/c15-11-5-4-9(14(19)20)7-12(11)16-13(18)8-2-1-3-10(6-8)17(21)22/h1-7H,(H,16,18)(H,19,20). The van der Waals surface area contributed by atoms with Crippen molar-refractivity contribution in [3.05, 3.63) is 68.7 Å². The van der Waals surface area contributed by atoms with Gasteiger partial charge in [-0.25, -0.2) is 4.79 Å². The summed E-state index contributed by atoms with van der Waals surface area (Å²) in [6.07, 6.45) is 0. The van der Waals surface area contributed by atoms with E-state index in [1.54, 1.807) is 0 Å². The van der Waals surface area contributed by atoms with Crippen molar-refractivity contribution in [1.29, 1.82) is 0 Å². The number of non-ortho nitro benzene ring substituents is 1. The van der Waals surface area contributed by atoms with E-state index in [2.05, 4.69) is 5.32 Å². The Bertz CT molecular complexity index is 776. The van der Waals surface area contributed by atoms with Crippen LogP contribution in [-0.2, 0) is 0 Å². The minimum Gasteiger partial charge on any atom is -0.478 e. The van der Waals surface area contributed by atoms with E-state index in [9.17, 15) is 19.7 Å². The van der Waals surface area contributed by atoms with E-state index in [1.165, 1.54) is 36.4 Å². The van der Waals surface area contributed by atoms with Crippen LogP contribution < -0.4 is 5.32 Å². The van der Waals surface area contributed by atoms with Crippen LogP contribution in [0.15, 0.2) is 42.5 Å².